The molecule has 0 spiro atoms. The zero-order chi connectivity index (χ0) is 11.7. The Morgan fingerprint density at radius 3 is 3.00 bits per heavy atom. The van der Waals surface area contributed by atoms with Gasteiger partial charge in [-0.2, -0.15) is 0 Å². The average Bonchev–Trinajstić information content (AvgIpc) is 2.94. The van der Waals surface area contributed by atoms with Crippen LogP contribution in [0.15, 0.2) is 41.0 Å². The van der Waals surface area contributed by atoms with E-state index < -0.39 is 0 Å². The third kappa shape index (κ3) is 2.09. The Bertz CT molecular complexity index is 623. The Hall–Kier alpha value is -2.03. The molecule has 0 saturated heterocycles. The van der Waals surface area contributed by atoms with Gasteiger partial charge < -0.3 is 9.40 Å². The van der Waals surface area contributed by atoms with E-state index in [0.29, 0.717) is 0 Å². The lowest BCUT2D eigenvalue weighted by Crippen LogP contribution is -1.91. The van der Waals surface area contributed by atoms with Gasteiger partial charge in [0.05, 0.1) is 17.3 Å². The summed E-state index contributed by atoms with van der Waals surface area (Å²) >= 11 is 0. The second-order valence-electron chi connectivity index (χ2n) is 4.28. The minimum atomic E-state index is 0.876. The number of hydrogen-bond acceptors (Lipinski definition) is 2. The number of aromatic nitrogens is 2. The predicted octanol–water partition coefficient (Wildman–Crippen LogP) is 3.25. The molecule has 0 atom stereocenters. The maximum Gasteiger partial charge on any atom is 0.107 e. The molecule has 2 aromatic heterocycles. The molecule has 0 saturated carbocycles. The lowest BCUT2D eigenvalue weighted by Gasteiger charge is -1.93. The summed E-state index contributed by atoms with van der Waals surface area (Å²) in [6, 6.07) is 10.2. The van der Waals surface area contributed by atoms with E-state index in [4.69, 9.17) is 4.42 Å². The number of benzene rings is 1. The van der Waals surface area contributed by atoms with Gasteiger partial charge in [0.2, 0.25) is 0 Å². The number of nitrogens with one attached hydrogen (secondary N) is 1. The predicted molar refractivity (Wildman–Crippen MR) is 66.9 cm³/mol. The highest BCUT2D eigenvalue weighted by molar-refractivity contribution is 5.75. The van der Waals surface area contributed by atoms with Crippen molar-refractivity contribution in [2.24, 2.45) is 0 Å². The molecule has 3 rings (SSSR count). The lowest BCUT2D eigenvalue weighted by atomic mass is 10.2. The van der Waals surface area contributed by atoms with Crippen LogP contribution < -0.4 is 0 Å². The fourth-order valence-corrected chi connectivity index (χ4v) is 1.99. The van der Waals surface area contributed by atoms with Gasteiger partial charge in [0.1, 0.15) is 11.6 Å². The van der Waals surface area contributed by atoms with Crippen LogP contribution in [0.25, 0.3) is 11.0 Å². The third-order valence-electron chi connectivity index (χ3n) is 2.87. The fraction of sp³-hybridized carbons (Fsp3) is 0.214. The van der Waals surface area contributed by atoms with Crippen LogP contribution in [0.2, 0.25) is 0 Å². The average molecular weight is 226 g/mol. The molecule has 3 nitrogen and oxygen atoms in total. The normalized spacial score (nSPS) is 11.1. The van der Waals surface area contributed by atoms with Gasteiger partial charge in [0, 0.05) is 12.8 Å². The molecule has 3 aromatic rings. The van der Waals surface area contributed by atoms with Gasteiger partial charge >= 0.3 is 0 Å². The van der Waals surface area contributed by atoms with Crippen molar-refractivity contribution in [3.8, 4) is 0 Å². The van der Waals surface area contributed by atoms with Crippen LogP contribution in [-0.2, 0) is 12.8 Å². The smallest absolute Gasteiger partial charge is 0.107 e. The van der Waals surface area contributed by atoms with Gasteiger partial charge in [-0.15, -0.1) is 0 Å². The fourth-order valence-electron chi connectivity index (χ4n) is 1.99. The van der Waals surface area contributed by atoms with Gasteiger partial charge in [0.25, 0.3) is 0 Å². The quantitative estimate of drug-likeness (QED) is 0.744. The summed E-state index contributed by atoms with van der Waals surface area (Å²) < 4.78 is 5.31. The molecule has 0 bridgehead atoms. The number of aryl methyl sites for hydroxylation is 3. The van der Waals surface area contributed by atoms with Gasteiger partial charge in [-0.25, -0.2) is 4.98 Å². The highest BCUT2D eigenvalue weighted by Crippen LogP contribution is 2.14. The van der Waals surface area contributed by atoms with Crippen molar-refractivity contribution >= 4 is 11.0 Å². The second kappa shape index (κ2) is 4.09. The van der Waals surface area contributed by atoms with Crippen LogP contribution in [0, 0.1) is 6.92 Å². The van der Waals surface area contributed by atoms with E-state index in [1.807, 2.05) is 12.1 Å². The van der Waals surface area contributed by atoms with E-state index in [0.717, 1.165) is 35.5 Å². The number of H-pyrrole nitrogens is 1. The molecule has 1 aromatic carbocycles. The molecule has 0 aliphatic rings. The number of hydrogen-bond donors (Lipinski definition) is 1. The van der Waals surface area contributed by atoms with Gasteiger partial charge in [-0.05, 0) is 36.8 Å². The Morgan fingerprint density at radius 1 is 1.24 bits per heavy atom. The van der Waals surface area contributed by atoms with Gasteiger partial charge in [-0.1, -0.05) is 6.07 Å². The molecule has 0 unspecified atom stereocenters. The number of imidazole rings is 1. The summed E-state index contributed by atoms with van der Waals surface area (Å²) in [4.78, 5) is 7.90. The van der Waals surface area contributed by atoms with Crippen molar-refractivity contribution in [1.82, 2.24) is 9.97 Å². The number of rotatable bonds is 3. The molecule has 0 radical (unpaired) electrons. The Kier molecular flexibility index (Phi) is 2.44. The highest BCUT2D eigenvalue weighted by atomic mass is 16.3. The summed E-state index contributed by atoms with van der Waals surface area (Å²) in [6.45, 7) is 2.09. The van der Waals surface area contributed by atoms with Crippen LogP contribution in [0.4, 0.5) is 0 Å². The van der Waals surface area contributed by atoms with Crippen LogP contribution >= 0.6 is 0 Å². The lowest BCUT2D eigenvalue weighted by molar-refractivity contribution is 0.507. The van der Waals surface area contributed by atoms with Crippen LogP contribution in [0.5, 0.6) is 0 Å². The molecule has 0 fully saturated rings. The SMILES string of the molecule is Cc1ccc2nc(CCc3ccco3)[nH]c2c1. The van der Waals surface area contributed by atoms with E-state index in [1.54, 1.807) is 6.26 Å². The number of furan rings is 1. The molecule has 86 valence electrons. The largest absolute Gasteiger partial charge is 0.469 e. The Morgan fingerprint density at radius 2 is 2.18 bits per heavy atom. The molecular weight excluding hydrogens is 212 g/mol. The van der Waals surface area contributed by atoms with Crippen molar-refractivity contribution in [1.29, 1.82) is 0 Å². The topological polar surface area (TPSA) is 41.8 Å². The van der Waals surface area contributed by atoms with Crippen molar-refractivity contribution in [2.45, 2.75) is 19.8 Å². The second-order valence-corrected chi connectivity index (χ2v) is 4.28. The summed E-state index contributed by atoms with van der Waals surface area (Å²) in [5.74, 6) is 2.02. The first-order chi connectivity index (χ1) is 8.31. The third-order valence-corrected chi connectivity index (χ3v) is 2.87. The minimum Gasteiger partial charge on any atom is -0.469 e. The number of fused-ring (bicyclic) bond motifs is 1. The summed E-state index contributed by atoms with van der Waals surface area (Å²) in [5.41, 5.74) is 3.39. The Labute approximate surface area is 99.5 Å². The summed E-state index contributed by atoms with van der Waals surface area (Å²) in [7, 11) is 0. The zero-order valence-electron chi connectivity index (χ0n) is 9.73. The minimum absolute atomic E-state index is 0.876. The van der Waals surface area contributed by atoms with Crippen LogP contribution in [0.3, 0.4) is 0 Å². The summed E-state index contributed by atoms with van der Waals surface area (Å²) in [5, 5.41) is 0. The molecule has 2 heterocycles. The van der Waals surface area contributed by atoms with Crippen molar-refractivity contribution in [3.63, 3.8) is 0 Å². The van der Waals surface area contributed by atoms with E-state index in [-0.39, 0.29) is 0 Å². The summed E-state index contributed by atoms with van der Waals surface area (Å²) in [6.07, 6.45) is 3.46. The Balaban J connectivity index is 1.81. The van der Waals surface area contributed by atoms with Crippen molar-refractivity contribution in [3.05, 3.63) is 53.7 Å². The molecule has 0 aliphatic carbocycles. The first kappa shape index (κ1) is 10.1. The van der Waals surface area contributed by atoms with Crippen LogP contribution in [0.1, 0.15) is 17.1 Å². The molecule has 0 aliphatic heterocycles. The molecule has 1 N–H and O–H groups in total. The van der Waals surface area contributed by atoms with Gasteiger partial charge in [-0.3, -0.25) is 0 Å². The number of nitrogens with zero attached hydrogens (tertiary/aromatic N) is 1. The number of aromatic amines is 1. The maximum absolute atomic E-state index is 5.31. The monoisotopic (exact) mass is 226 g/mol. The van der Waals surface area contributed by atoms with Crippen LogP contribution in [-0.4, -0.2) is 9.97 Å². The molecular formula is C14H14N2O. The maximum atomic E-state index is 5.31. The first-order valence-corrected chi connectivity index (χ1v) is 5.79. The van der Waals surface area contributed by atoms with E-state index in [9.17, 15) is 0 Å². The molecule has 3 heteroatoms. The van der Waals surface area contributed by atoms with Gasteiger partial charge in [0.15, 0.2) is 0 Å². The zero-order valence-corrected chi connectivity index (χ0v) is 9.73. The standard InChI is InChI=1S/C14H14N2O/c1-10-4-6-12-13(9-10)16-14(15-12)7-5-11-3-2-8-17-11/h2-4,6,8-9H,5,7H2,1H3,(H,15,16). The van der Waals surface area contributed by atoms with E-state index >= 15 is 0 Å². The molecule has 0 amide bonds. The van der Waals surface area contributed by atoms with E-state index in [1.165, 1.54) is 5.56 Å². The van der Waals surface area contributed by atoms with Crippen molar-refractivity contribution in [2.75, 3.05) is 0 Å². The van der Waals surface area contributed by atoms with Crippen molar-refractivity contribution < 1.29 is 4.42 Å². The highest BCUT2D eigenvalue weighted by Gasteiger charge is 2.04. The molecule has 17 heavy (non-hydrogen) atoms. The van der Waals surface area contributed by atoms with E-state index in [2.05, 4.69) is 35.1 Å². The first-order valence-electron chi connectivity index (χ1n) is 5.79.